The van der Waals surface area contributed by atoms with Crippen LogP contribution in [0.4, 0.5) is 51.2 Å². The van der Waals surface area contributed by atoms with Gasteiger partial charge in [-0.25, -0.2) is 44.9 Å². The molecule has 672 valence electrons. The molecular weight excluding hydrogens is 1770 g/mol. The third-order valence-electron chi connectivity index (χ3n) is 27.7. The average molecular weight is 1840 g/mol. The van der Waals surface area contributed by atoms with Gasteiger partial charge in [0, 0.05) is 127 Å². The van der Waals surface area contributed by atoms with E-state index in [0.29, 0.717) is 52.4 Å². The smallest absolute Gasteiger partial charge is 0.167 e. The summed E-state index contributed by atoms with van der Waals surface area (Å²) in [4.78, 5) is 52.2. The van der Waals surface area contributed by atoms with E-state index in [9.17, 15) is 0 Å². The molecule has 0 saturated carbocycles. The highest BCUT2D eigenvalue weighted by molar-refractivity contribution is 6.18. The summed E-state index contributed by atoms with van der Waals surface area (Å²) >= 11 is 0. The van der Waals surface area contributed by atoms with Crippen LogP contribution in [0.2, 0.25) is 0 Å². The second kappa shape index (κ2) is 34.1. The first kappa shape index (κ1) is 82.5. The van der Waals surface area contributed by atoms with Crippen LogP contribution in [0.5, 0.6) is 0 Å². The van der Waals surface area contributed by atoms with E-state index < -0.39 is 0 Å². The quantitative estimate of drug-likeness (QED) is 0.113. The Balaban J connectivity index is 0.000000105. The van der Waals surface area contributed by atoms with Crippen molar-refractivity contribution < 1.29 is 13.3 Å². The molecule has 9 heterocycles. The maximum Gasteiger partial charge on any atom is 0.167 e. The number of para-hydroxylation sites is 7. The zero-order valence-electron chi connectivity index (χ0n) is 77.1. The summed E-state index contributed by atoms with van der Waals surface area (Å²) in [5.74, 6) is 5.46. The molecule has 21 aromatic carbocycles. The van der Waals surface area contributed by atoms with Gasteiger partial charge in [-0.15, -0.1) is 0 Å². The molecular formula is C129H78N12O3. The molecule has 27 aromatic rings. The summed E-state index contributed by atoms with van der Waals surface area (Å²) in [6.07, 6.45) is 0. The van der Waals surface area contributed by atoms with E-state index in [-0.39, 0.29) is 0 Å². The summed E-state index contributed by atoms with van der Waals surface area (Å²) in [6, 6.07) is 164. The first-order valence-corrected chi connectivity index (χ1v) is 48.1. The Morgan fingerprint density at radius 3 is 0.882 bits per heavy atom. The van der Waals surface area contributed by atoms with Gasteiger partial charge in [0.25, 0.3) is 0 Å². The van der Waals surface area contributed by atoms with Crippen molar-refractivity contribution in [2.45, 2.75) is 0 Å². The molecule has 0 bridgehead atoms. The zero-order chi connectivity index (χ0) is 94.8. The Hall–Kier alpha value is -19.8. The molecule has 0 unspecified atom stereocenters. The second-order valence-electron chi connectivity index (χ2n) is 36.2. The average Bonchev–Trinajstić information content (AvgIpc) is 0.952. The highest BCUT2D eigenvalue weighted by Gasteiger charge is 2.32. The van der Waals surface area contributed by atoms with Gasteiger partial charge in [0.2, 0.25) is 0 Å². The number of benzene rings is 21. The highest BCUT2D eigenvalue weighted by atomic mass is 16.3. The highest BCUT2D eigenvalue weighted by Crippen LogP contribution is 2.56. The fourth-order valence-electron chi connectivity index (χ4n) is 21.1. The van der Waals surface area contributed by atoms with Gasteiger partial charge in [-0.3, -0.25) is 0 Å². The number of hydrogen-bond acceptors (Lipinski definition) is 15. The minimum Gasteiger partial charge on any atom is -0.456 e. The van der Waals surface area contributed by atoms with Crippen molar-refractivity contribution in [1.82, 2.24) is 44.9 Å². The van der Waals surface area contributed by atoms with Gasteiger partial charge in [-0.05, 0) is 185 Å². The van der Waals surface area contributed by atoms with E-state index in [1.807, 2.05) is 176 Å². The van der Waals surface area contributed by atoms with Crippen LogP contribution in [0.25, 0.3) is 234 Å². The molecule has 3 aliphatic rings. The number of aromatic nitrogens is 9. The standard InChI is InChI=1S/3C43H26N4O/c1-2-11-28(12-3-1)41-44-42(46-43(45-41)30-23-24-34-33-18-5-7-22-38(33)48-39(34)26-30)29-15-8-16-31(25-29)47-36-20-6-4-17-32(36)35-19-9-13-27-14-10-21-37(47)40(27)35;1-2-11-28(12-3-1)41-44-42(46-43(45-41)35-19-10-18-34-32-16-5-7-22-38(32)48-40(34)35)29-23-25-30(26-24-29)47-36-20-6-4-15-31(36)33-17-8-13-27-14-9-21-37(47)39(27)33;1-2-10-28(11-3-1)41-44-42(46-43(45-41)30-22-25-39-35(26-30)33-15-5-7-19-38(33)48-39)29-20-23-31(24-21-29)47-36-17-6-4-14-32(36)34-16-8-12-27-13-9-18-37(47)40(27)34/h3*1-26H. The summed E-state index contributed by atoms with van der Waals surface area (Å²) in [5.41, 5.74) is 30.6. The molecule has 6 aromatic heterocycles. The van der Waals surface area contributed by atoms with E-state index in [1.165, 1.54) is 77.1 Å². The zero-order valence-corrected chi connectivity index (χ0v) is 77.1. The number of rotatable bonds is 12. The molecule has 144 heavy (non-hydrogen) atoms. The number of hydrogen-bond donors (Lipinski definition) is 0. The summed E-state index contributed by atoms with van der Waals surface area (Å²) < 4.78 is 18.7. The Morgan fingerprint density at radius 2 is 0.424 bits per heavy atom. The molecule has 0 fully saturated rings. The molecule has 0 spiro atoms. The fourth-order valence-corrected chi connectivity index (χ4v) is 21.1. The third kappa shape index (κ3) is 14.2. The van der Waals surface area contributed by atoms with Crippen LogP contribution < -0.4 is 14.7 Å². The molecule has 15 nitrogen and oxygen atoms in total. The summed E-state index contributed by atoms with van der Waals surface area (Å²) in [6.45, 7) is 0. The maximum absolute atomic E-state index is 6.38. The van der Waals surface area contributed by atoms with Crippen molar-refractivity contribution in [3.8, 4) is 136 Å². The number of anilines is 9. The van der Waals surface area contributed by atoms with Gasteiger partial charge in [0.15, 0.2) is 52.4 Å². The molecule has 0 radical (unpaired) electrons. The predicted octanol–water partition coefficient (Wildman–Crippen LogP) is 34.1. The molecule has 0 amide bonds. The minimum atomic E-state index is 0.570. The van der Waals surface area contributed by atoms with Gasteiger partial charge < -0.3 is 28.0 Å². The molecule has 0 saturated heterocycles. The number of nitrogens with zero attached hydrogens (tertiary/aromatic N) is 12. The largest absolute Gasteiger partial charge is 0.456 e. The normalized spacial score (nSPS) is 12.1. The van der Waals surface area contributed by atoms with Crippen molar-refractivity contribution in [3.05, 3.63) is 473 Å². The van der Waals surface area contributed by atoms with Gasteiger partial charge in [-0.1, -0.05) is 322 Å². The van der Waals surface area contributed by atoms with Gasteiger partial charge >= 0.3 is 0 Å². The van der Waals surface area contributed by atoms with E-state index in [1.54, 1.807) is 0 Å². The van der Waals surface area contributed by atoms with Crippen LogP contribution in [-0.4, -0.2) is 44.9 Å². The van der Waals surface area contributed by atoms with Crippen LogP contribution in [0.1, 0.15) is 0 Å². The molecule has 0 N–H and O–H groups in total. The van der Waals surface area contributed by atoms with Crippen LogP contribution >= 0.6 is 0 Å². The second-order valence-corrected chi connectivity index (χ2v) is 36.2. The van der Waals surface area contributed by atoms with Crippen molar-refractivity contribution in [1.29, 1.82) is 0 Å². The minimum absolute atomic E-state index is 0.570. The monoisotopic (exact) mass is 1840 g/mol. The lowest BCUT2D eigenvalue weighted by atomic mass is 9.91. The first-order valence-electron chi connectivity index (χ1n) is 48.1. The Kier molecular flexibility index (Phi) is 19.6. The lowest BCUT2D eigenvalue weighted by Gasteiger charge is -2.33. The molecule has 3 aliphatic heterocycles. The summed E-state index contributed by atoms with van der Waals surface area (Å²) in [7, 11) is 0. The van der Waals surface area contributed by atoms with Crippen LogP contribution in [0.15, 0.2) is 486 Å². The van der Waals surface area contributed by atoms with Crippen molar-refractivity contribution in [2.75, 3.05) is 14.7 Å². The van der Waals surface area contributed by atoms with Gasteiger partial charge in [0.1, 0.15) is 33.5 Å². The van der Waals surface area contributed by atoms with Crippen molar-refractivity contribution >= 4 is 149 Å². The Labute approximate surface area is 825 Å². The number of furan rings is 3. The van der Waals surface area contributed by atoms with Crippen LogP contribution in [-0.2, 0) is 0 Å². The molecule has 0 aliphatic carbocycles. The van der Waals surface area contributed by atoms with Gasteiger partial charge in [-0.2, -0.15) is 0 Å². The first-order chi connectivity index (χ1) is 71.4. The Morgan fingerprint density at radius 1 is 0.146 bits per heavy atom. The topological polar surface area (TPSA) is 165 Å². The van der Waals surface area contributed by atoms with E-state index >= 15 is 0 Å². The molecule has 30 rings (SSSR count). The fraction of sp³-hybridized carbons (Fsp3) is 0. The van der Waals surface area contributed by atoms with Crippen LogP contribution in [0.3, 0.4) is 0 Å². The van der Waals surface area contributed by atoms with E-state index in [2.05, 4.69) is 312 Å². The lowest BCUT2D eigenvalue weighted by molar-refractivity contribution is 0.668. The van der Waals surface area contributed by atoms with Crippen molar-refractivity contribution in [3.63, 3.8) is 0 Å². The third-order valence-corrected chi connectivity index (χ3v) is 27.7. The van der Waals surface area contributed by atoms with E-state index in [4.69, 9.17) is 58.1 Å². The lowest BCUT2D eigenvalue weighted by Crippen LogP contribution is -2.15. The molecule has 15 heteroatoms. The predicted molar refractivity (Wildman–Crippen MR) is 584 cm³/mol. The number of fused-ring (bicyclic) bond motifs is 15. The van der Waals surface area contributed by atoms with Crippen molar-refractivity contribution in [2.24, 2.45) is 0 Å². The molecule has 0 atom stereocenters. The van der Waals surface area contributed by atoms with E-state index in [0.717, 1.165) is 156 Å². The van der Waals surface area contributed by atoms with Crippen LogP contribution in [0, 0.1) is 0 Å². The SMILES string of the molecule is c1ccc(-c2nc(-c3ccc(N4c5ccccc5-c5cccc6cccc4c56)cc3)nc(-c3ccc4oc5ccccc5c4c3)n2)cc1.c1ccc(-c2nc(-c3ccc(N4c5ccccc5-c5cccc6cccc4c56)cc3)nc(-c3cccc4c3oc3ccccc34)n2)cc1.c1ccc(-c2nc(-c3cccc(N4c5ccccc5-c5cccc6cccc4c56)c3)nc(-c3ccc4c(c3)oc3ccccc34)n2)cc1. The summed E-state index contributed by atoms with van der Waals surface area (Å²) in [5, 5.41) is 13.8. The Bertz CT molecular complexity index is 9810. The van der Waals surface area contributed by atoms with Gasteiger partial charge in [0.05, 0.1) is 39.7 Å². The maximum atomic E-state index is 6.38.